The van der Waals surface area contributed by atoms with Gasteiger partial charge in [0.2, 0.25) is 5.78 Å². The Morgan fingerprint density at radius 2 is 1.89 bits per heavy atom. The van der Waals surface area contributed by atoms with Gasteiger partial charge in [0, 0.05) is 39.8 Å². The van der Waals surface area contributed by atoms with Gasteiger partial charge in [0.15, 0.2) is 5.76 Å². The Kier molecular flexibility index (Phi) is 6.29. The number of carbonyl (C=O) groups excluding carboxylic acids is 2. The summed E-state index contributed by atoms with van der Waals surface area (Å²) in [6, 6.07) is 16.1. The molecule has 0 radical (unpaired) electrons. The van der Waals surface area contributed by atoms with Crippen molar-refractivity contribution in [1.29, 1.82) is 0 Å². The predicted octanol–water partition coefficient (Wildman–Crippen LogP) is 6.40. The Morgan fingerprint density at radius 3 is 2.61 bits per heavy atom. The third-order valence-electron chi connectivity index (χ3n) is 6.27. The van der Waals surface area contributed by atoms with Gasteiger partial charge in [-0.25, -0.2) is 0 Å². The number of hydrogen-bond donors (Lipinski definition) is 0. The summed E-state index contributed by atoms with van der Waals surface area (Å²) < 4.78 is 19.1. The molecule has 0 saturated carbocycles. The van der Waals surface area contributed by atoms with E-state index in [1.165, 1.54) is 0 Å². The molecule has 0 atom stereocenters. The number of nitrogens with zero attached hydrogens (tertiary/aromatic N) is 1. The van der Waals surface area contributed by atoms with Gasteiger partial charge in [-0.05, 0) is 68.0 Å². The lowest BCUT2D eigenvalue weighted by Crippen LogP contribution is -2.12. The van der Waals surface area contributed by atoms with E-state index < -0.39 is 5.97 Å². The minimum atomic E-state index is -0.415. The van der Waals surface area contributed by atoms with Gasteiger partial charge in [-0.3, -0.25) is 9.59 Å². The fraction of sp³-hybridized carbons (Fsp3) is 0.172. The number of hydrogen-bond acceptors (Lipinski definition) is 5. The second-order valence-electron chi connectivity index (χ2n) is 8.54. The summed E-state index contributed by atoms with van der Waals surface area (Å²) in [6.07, 6.45) is 3.85. The van der Waals surface area contributed by atoms with Crippen LogP contribution < -0.4 is 14.2 Å². The minimum absolute atomic E-state index is 0.101. The van der Waals surface area contributed by atoms with Crippen molar-refractivity contribution in [2.45, 2.75) is 26.8 Å². The number of rotatable bonds is 6. The van der Waals surface area contributed by atoms with E-state index in [9.17, 15) is 9.59 Å². The molecule has 0 saturated heterocycles. The van der Waals surface area contributed by atoms with Gasteiger partial charge >= 0.3 is 5.97 Å². The maximum Gasteiger partial charge on any atom is 0.315 e. The fourth-order valence-electron chi connectivity index (χ4n) is 4.35. The maximum atomic E-state index is 13.1. The average Bonchev–Trinajstić information content (AvgIpc) is 3.39. The molecule has 3 aromatic carbocycles. The predicted molar refractivity (Wildman–Crippen MR) is 139 cm³/mol. The number of Topliss-reactive ketones (excluding diaryl/α,β-unsaturated/α-hetero) is 1. The molecule has 6 nitrogen and oxygen atoms in total. The molecule has 182 valence electrons. The number of fused-ring (bicyclic) bond motifs is 2. The number of methoxy groups -OCH3 is 1. The zero-order valence-corrected chi connectivity index (χ0v) is 20.9. The van der Waals surface area contributed by atoms with Crippen LogP contribution in [0.5, 0.6) is 17.2 Å². The third kappa shape index (κ3) is 4.36. The van der Waals surface area contributed by atoms with Crippen LogP contribution in [0.1, 0.15) is 34.0 Å². The highest BCUT2D eigenvalue weighted by Crippen LogP contribution is 2.40. The molecule has 0 fully saturated rings. The molecule has 0 N–H and O–H groups in total. The summed E-state index contributed by atoms with van der Waals surface area (Å²) in [5.41, 5.74) is 3.72. The van der Waals surface area contributed by atoms with Crippen LogP contribution in [0.25, 0.3) is 17.0 Å². The van der Waals surface area contributed by atoms with Crippen molar-refractivity contribution >= 4 is 40.3 Å². The Morgan fingerprint density at radius 1 is 1.11 bits per heavy atom. The number of ether oxygens (including phenoxy) is 3. The third-order valence-corrected chi connectivity index (χ3v) is 6.52. The molecule has 0 aliphatic carbocycles. The molecule has 0 bridgehead atoms. The Balaban J connectivity index is 1.42. The van der Waals surface area contributed by atoms with E-state index in [1.54, 1.807) is 56.5 Å². The van der Waals surface area contributed by atoms with Crippen LogP contribution in [0.3, 0.4) is 0 Å². The molecular weight excluding hydrogens is 478 g/mol. The largest absolute Gasteiger partial charge is 0.497 e. The van der Waals surface area contributed by atoms with Crippen molar-refractivity contribution in [3.63, 3.8) is 0 Å². The molecular formula is C29H24ClNO5. The summed E-state index contributed by atoms with van der Waals surface area (Å²) in [5.74, 6) is 1.08. The van der Waals surface area contributed by atoms with E-state index in [1.807, 2.05) is 24.4 Å². The highest BCUT2D eigenvalue weighted by molar-refractivity contribution is 6.30. The first-order chi connectivity index (χ1) is 17.4. The van der Waals surface area contributed by atoms with Crippen molar-refractivity contribution in [3.8, 4) is 17.2 Å². The van der Waals surface area contributed by atoms with E-state index in [0.717, 1.165) is 34.3 Å². The highest BCUT2D eigenvalue weighted by Gasteiger charge is 2.31. The van der Waals surface area contributed by atoms with Crippen LogP contribution in [0.2, 0.25) is 5.02 Å². The summed E-state index contributed by atoms with van der Waals surface area (Å²) in [6.45, 7) is 4.62. The zero-order valence-electron chi connectivity index (χ0n) is 20.1. The number of carbonyl (C=O) groups is 2. The summed E-state index contributed by atoms with van der Waals surface area (Å²) in [7, 11) is 1.62. The standard InChI is InChI=1S/C29H24ClNO5/c1-4-31-16-19(23-15-21(34-3)9-11-24(23)31)14-26-28(33)22-10-12-25(17(2)29(22)36-26)35-27(32)13-18-5-7-20(30)8-6-18/h5-12,14-16H,4,13H2,1-3H3/b26-14-. The molecule has 0 spiro atoms. The smallest absolute Gasteiger partial charge is 0.315 e. The van der Waals surface area contributed by atoms with Crippen molar-refractivity contribution < 1.29 is 23.8 Å². The normalized spacial score (nSPS) is 13.7. The van der Waals surface area contributed by atoms with Crippen molar-refractivity contribution in [2.24, 2.45) is 0 Å². The van der Waals surface area contributed by atoms with Gasteiger partial charge in [-0.2, -0.15) is 0 Å². The quantitative estimate of drug-likeness (QED) is 0.174. The van der Waals surface area contributed by atoms with Gasteiger partial charge in [0.05, 0.1) is 19.1 Å². The Labute approximate surface area is 213 Å². The van der Waals surface area contributed by atoms with Crippen LogP contribution in [0, 0.1) is 6.92 Å². The van der Waals surface area contributed by atoms with E-state index >= 15 is 0 Å². The Hall–Kier alpha value is -4.03. The second-order valence-corrected chi connectivity index (χ2v) is 8.97. The lowest BCUT2D eigenvalue weighted by molar-refractivity contribution is -0.133. The van der Waals surface area contributed by atoms with Gasteiger partial charge in [0.1, 0.15) is 17.2 Å². The lowest BCUT2D eigenvalue weighted by atomic mass is 10.1. The van der Waals surface area contributed by atoms with Gasteiger partial charge < -0.3 is 18.8 Å². The molecule has 4 aromatic rings. The number of allylic oxidation sites excluding steroid dienone is 1. The van der Waals surface area contributed by atoms with Crippen LogP contribution in [-0.2, 0) is 17.8 Å². The number of halogens is 1. The summed E-state index contributed by atoms with van der Waals surface area (Å²) in [4.78, 5) is 25.7. The van der Waals surface area contributed by atoms with Crippen molar-refractivity contribution in [2.75, 3.05) is 7.11 Å². The Bertz CT molecular complexity index is 1530. The number of benzene rings is 3. The molecule has 0 unspecified atom stereocenters. The minimum Gasteiger partial charge on any atom is -0.497 e. The van der Waals surface area contributed by atoms with Gasteiger partial charge in [0.25, 0.3) is 0 Å². The average molecular weight is 502 g/mol. The molecule has 0 amide bonds. The zero-order chi connectivity index (χ0) is 25.4. The summed E-state index contributed by atoms with van der Waals surface area (Å²) >= 11 is 5.91. The first kappa shape index (κ1) is 23.7. The van der Waals surface area contributed by atoms with E-state index in [0.29, 0.717) is 27.6 Å². The molecule has 36 heavy (non-hydrogen) atoms. The van der Waals surface area contributed by atoms with Crippen molar-refractivity contribution in [1.82, 2.24) is 4.57 Å². The lowest BCUT2D eigenvalue weighted by Gasteiger charge is -2.10. The number of aromatic nitrogens is 1. The topological polar surface area (TPSA) is 66.8 Å². The van der Waals surface area contributed by atoms with Crippen molar-refractivity contribution in [3.05, 3.63) is 93.8 Å². The second kappa shape index (κ2) is 9.55. The highest BCUT2D eigenvalue weighted by atomic mass is 35.5. The molecule has 1 aliphatic rings. The SMILES string of the molecule is CCn1cc(/C=C2\Oc3c(ccc(OC(=O)Cc4ccc(Cl)cc4)c3C)C2=O)c2cc(OC)ccc21. The molecule has 5 rings (SSSR count). The first-order valence-electron chi connectivity index (χ1n) is 11.6. The number of esters is 1. The van der Waals surface area contributed by atoms with Gasteiger partial charge in [-0.15, -0.1) is 0 Å². The number of ketones is 1. The van der Waals surface area contributed by atoms with Crippen LogP contribution in [0.15, 0.2) is 66.6 Å². The number of aryl methyl sites for hydroxylation is 1. The van der Waals surface area contributed by atoms with Crippen LogP contribution in [-0.4, -0.2) is 23.4 Å². The van der Waals surface area contributed by atoms with Crippen LogP contribution >= 0.6 is 11.6 Å². The molecule has 1 aliphatic heterocycles. The monoisotopic (exact) mass is 501 g/mol. The van der Waals surface area contributed by atoms with Gasteiger partial charge in [-0.1, -0.05) is 23.7 Å². The molecule has 1 aromatic heterocycles. The van der Waals surface area contributed by atoms with E-state index in [4.69, 9.17) is 25.8 Å². The first-order valence-corrected chi connectivity index (χ1v) is 12.0. The van der Waals surface area contributed by atoms with E-state index in [-0.39, 0.29) is 18.0 Å². The summed E-state index contributed by atoms with van der Waals surface area (Å²) in [5, 5.41) is 1.57. The van der Waals surface area contributed by atoms with Crippen LogP contribution in [0.4, 0.5) is 0 Å². The van der Waals surface area contributed by atoms with E-state index in [2.05, 4.69) is 11.5 Å². The molecule has 2 heterocycles. The maximum absolute atomic E-state index is 13.1. The fourth-order valence-corrected chi connectivity index (χ4v) is 4.48. The molecule has 7 heteroatoms.